The number of hydrogen-bond acceptors (Lipinski definition) is 4. The van der Waals surface area contributed by atoms with Crippen molar-refractivity contribution in [1.29, 1.82) is 0 Å². The number of quaternary nitrogens is 1. The number of sulfonamides is 1. The molecule has 28 heavy (non-hydrogen) atoms. The van der Waals surface area contributed by atoms with E-state index in [0.717, 1.165) is 10.5 Å². The topological polar surface area (TPSA) is 91.2 Å². The van der Waals surface area contributed by atoms with Crippen LogP contribution in [-0.4, -0.2) is 81.8 Å². The summed E-state index contributed by atoms with van der Waals surface area (Å²) in [4.78, 5) is 26.8. The molecular weight excluding hydrogens is 380 g/mol. The predicted octanol–water partition coefficient (Wildman–Crippen LogP) is -1.30. The van der Waals surface area contributed by atoms with Crippen molar-refractivity contribution in [1.82, 2.24) is 14.5 Å². The summed E-state index contributed by atoms with van der Waals surface area (Å²) in [5.41, 5.74) is 0.774. The van der Waals surface area contributed by atoms with E-state index in [9.17, 15) is 18.0 Å². The van der Waals surface area contributed by atoms with Crippen molar-refractivity contribution in [3.63, 3.8) is 0 Å². The molecule has 0 aliphatic carbocycles. The lowest BCUT2D eigenvalue weighted by atomic mass is 10.2. The Bertz CT molecular complexity index is 746. The molecule has 2 amide bonds. The van der Waals surface area contributed by atoms with Crippen molar-refractivity contribution in [3.05, 3.63) is 35.9 Å². The average Bonchev–Trinajstić information content (AvgIpc) is 2.67. The van der Waals surface area contributed by atoms with Gasteiger partial charge in [-0.1, -0.05) is 30.3 Å². The molecule has 0 radical (unpaired) electrons. The molecule has 0 unspecified atom stereocenters. The van der Waals surface area contributed by atoms with Gasteiger partial charge in [0.2, 0.25) is 15.9 Å². The third-order valence-corrected chi connectivity index (χ3v) is 6.71. The van der Waals surface area contributed by atoms with Gasteiger partial charge in [0.1, 0.15) is 0 Å². The second kappa shape index (κ2) is 10.5. The van der Waals surface area contributed by atoms with Crippen LogP contribution in [-0.2, 0) is 25.4 Å². The first-order valence-corrected chi connectivity index (χ1v) is 11.4. The molecule has 1 aromatic rings. The van der Waals surface area contributed by atoms with E-state index in [4.69, 9.17) is 0 Å². The number of piperazine rings is 1. The Morgan fingerprint density at radius 1 is 1.14 bits per heavy atom. The van der Waals surface area contributed by atoms with Crippen LogP contribution in [0.2, 0.25) is 0 Å². The molecule has 1 aromatic carbocycles. The van der Waals surface area contributed by atoms with Gasteiger partial charge in [0, 0.05) is 13.1 Å². The Morgan fingerprint density at radius 2 is 1.79 bits per heavy atom. The molecule has 2 N–H and O–H groups in total. The van der Waals surface area contributed by atoms with E-state index >= 15 is 0 Å². The van der Waals surface area contributed by atoms with Gasteiger partial charge in [0.15, 0.2) is 6.54 Å². The SMILES string of the molecule is CCNC(=O)CN(CC)C(=O)C[NH+]1CCN(S(=O)(=O)Cc2ccccc2)CC1. The highest BCUT2D eigenvalue weighted by molar-refractivity contribution is 7.88. The molecule has 1 aliphatic rings. The molecule has 1 fully saturated rings. The molecule has 1 heterocycles. The first kappa shape index (κ1) is 22.3. The van der Waals surface area contributed by atoms with Crippen LogP contribution in [0.1, 0.15) is 19.4 Å². The van der Waals surface area contributed by atoms with E-state index in [2.05, 4.69) is 5.32 Å². The highest BCUT2D eigenvalue weighted by atomic mass is 32.2. The Morgan fingerprint density at radius 3 is 2.36 bits per heavy atom. The monoisotopic (exact) mass is 411 g/mol. The number of nitrogens with zero attached hydrogens (tertiary/aromatic N) is 2. The zero-order chi connectivity index (χ0) is 20.6. The molecule has 1 saturated heterocycles. The van der Waals surface area contributed by atoms with Gasteiger partial charge >= 0.3 is 0 Å². The maximum absolute atomic E-state index is 12.6. The molecule has 0 bridgehead atoms. The minimum absolute atomic E-state index is 0.00173. The van der Waals surface area contributed by atoms with Crippen LogP contribution in [0.5, 0.6) is 0 Å². The van der Waals surface area contributed by atoms with E-state index < -0.39 is 10.0 Å². The fraction of sp³-hybridized carbons (Fsp3) is 0.579. The van der Waals surface area contributed by atoms with Crippen LogP contribution in [0.4, 0.5) is 0 Å². The molecule has 2 rings (SSSR count). The van der Waals surface area contributed by atoms with Crippen LogP contribution >= 0.6 is 0 Å². The van der Waals surface area contributed by atoms with Crippen LogP contribution in [0.3, 0.4) is 0 Å². The summed E-state index contributed by atoms with van der Waals surface area (Å²) in [6.07, 6.45) is 0. The lowest BCUT2D eigenvalue weighted by Gasteiger charge is -2.32. The number of nitrogens with one attached hydrogen (secondary N) is 2. The standard InChI is InChI=1S/C19H30N4O4S/c1-3-20-18(24)14-22(4-2)19(25)15-21-10-12-23(13-11-21)28(26,27)16-17-8-6-5-7-9-17/h5-9H,3-4,10-16H2,1-2H3,(H,20,24)/p+1. The third kappa shape index (κ3) is 6.57. The number of rotatable bonds is 9. The summed E-state index contributed by atoms with van der Waals surface area (Å²) in [5.74, 6) is -0.244. The molecule has 0 aromatic heterocycles. The van der Waals surface area contributed by atoms with Crippen molar-refractivity contribution in [2.24, 2.45) is 0 Å². The number of amides is 2. The zero-order valence-corrected chi connectivity index (χ0v) is 17.5. The molecule has 9 heteroatoms. The molecule has 0 saturated carbocycles. The van der Waals surface area contributed by atoms with E-state index in [1.54, 1.807) is 0 Å². The van der Waals surface area contributed by atoms with Crippen LogP contribution in [0, 0.1) is 0 Å². The normalized spacial score (nSPS) is 15.9. The van der Waals surface area contributed by atoms with Crippen molar-refractivity contribution in [2.45, 2.75) is 19.6 Å². The van der Waals surface area contributed by atoms with Crippen molar-refractivity contribution < 1.29 is 22.9 Å². The first-order chi connectivity index (χ1) is 13.4. The summed E-state index contributed by atoms with van der Waals surface area (Å²) in [6.45, 7) is 7.01. The average molecular weight is 412 g/mol. The summed E-state index contributed by atoms with van der Waals surface area (Å²) >= 11 is 0. The second-order valence-corrected chi connectivity index (χ2v) is 8.90. The number of hydrogen-bond donors (Lipinski definition) is 2. The van der Waals surface area contributed by atoms with Crippen LogP contribution in [0.15, 0.2) is 30.3 Å². The molecule has 0 atom stereocenters. The van der Waals surface area contributed by atoms with E-state index in [-0.39, 0.29) is 30.7 Å². The third-order valence-electron chi connectivity index (χ3n) is 4.86. The molecule has 8 nitrogen and oxygen atoms in total. The van der Waals surface area contributed by atoms with Gasteiger partial charge in [0.25, 0.3) is 5.91 Å². The highest BCUT2D eigenvalue weighted by Gasteiger charge is 2.31. The molecule has 1 aliphatic heterocycles. The van der Waals surface area contributed by atoms with Gasteiger partial charge in [0.05, 0.1) is 38.5 Å². The fourth-order valence-corrected chi connectivity index (χ4v) is 4.80. The zero-order valence-electron chi connectivity index (χ0n) is 16.7. The van der Waals surface area contributed by atoms with Gasteiger partial charge < -0.3 is 15.1 Å². The smallest absolute Gasteiger partial charge is 0.278 e. The summed E-state index contributed by atoms with van der Waals surface area (Å²) in [6, 6.07) is 9.15. The lowest BCUT2D eigenvalue weighted by molar-refractivity contribution is -0.896. The highest BCUT2D eigenvalue weighted by Crippen LogP contribution is 2.10. The Balaban J connectivity index is 1.84. The Kier molecular flexibility index (Phi) is 8.40. The predicted molar refractivity (Wildman–Crippen MR) is 107 cm³/mol. The number of carbonyl (C=O) groups is 2. The summed E-state index contributed by atoms with van der Waals surface area (Å²) in [5, 5.41) is 2.70. The lowest BCUT2D eigenvalue weighted by Crippen LogP contribution is -3.15. The van der Waals surface area contributed by atoms with Gasteiger partial charge in [-0.3, -0.25) is 9.59 Å². The summed E-state index contributed by atoms with van der Waals surface area (Å²) < 4.78 is 26.8. The number of likely N-dealkylation sites (N-methyl/N-ethyl adjacent to an activating group) is 2. The van der Waals surface area contributed by atoms with Crippen LogP contribution < -0.4 is 10.2 Å². The second-order valence-electron chi connectivity index (χ2n) is 6.93. The van der Waals surface area contributed by atoms with Crippen LogP contribution in [0.25, 0.3) is 0 Å². The molecule has 0 spiro atoms. The largest absolute Gasteiger partial charge is 0.355 e. The first-order valence-electron chi connectivity index (χ1n) is 9.75. The van der Waals surface area contributed by atoms with Crippen molar-refractivity contribution in [3.8, 4) is 0 Å². The van der Waals surface area contributed by atoms with E-state index in [0.29, 0.717) is 39.3 Å². The maximum Gasteiger partial charge on any atom is 0.278 e. The summed E-state index contributed by atoms with van der Waals surface area (Å²) in [7, 11) is -3.36. The number of benzene rings is 1. The van der Waals surface area contributed by atoms with Gasteiger partial charge in [-0.05, 0) is 19.4 Å². The minimum atomic E-state index is -3.36. The fourth-order valence-electron chi connectivity index (χ4n) is 3.26. The molecular formula is C19H31N4O4S+. The number of carbonyl (C=O) groups excluding carboxylic acids is 2. The Hall–Kier alpha value is -1.97. The van der Waals surface area contributed by atoms with Crippen molar-refractivity contribution >= 4 is 21.8 Å². The maximum atomic E-state index is 12.6. The van der Waals surface area contributed by atoms with E-state index in [1.807, 2.05) is 44.2 Å². The van der Waals surface area contributed by atoms with Gasteiger partial charge in [-0.2, -0.15) is 4.31 Å². The van der Waals surface area contributed by atoms with E-state index in [1.165, 1.54) is 9.21 Å². The van der Waals surface area contributed by atoms with Gasteiger partial charge in [-0.25, -0.2) is 8.42 Å². The quantitative estimate of drug-likeness (QED) is 0.529. The Labute approximate surface area is 167 Å². The van der Waals surface area contributed by atoms with Crippen molar-refractivity contribution in [2.75, 3.05) is 52.4 Å². The molecule has 156 valence electrons. The minimum Gasteiger partial charge on any atom is -0.355 e. The van der Waals surface area contributed by atoms with Gasteiger partial charge in [-0.15, -0.1) is 0 Å².